The molecule has 0 aliphatic carbocycles. The van der Waals surface area contributed by atoms with Crippen LogP contribution in [0.25, 0.3) is 11.3 Å². The Labute approximate surface area is 170 Å². The Morgan fingerprint density at radius 3 is 2.72 bits per heavy atom. The zero-order valence-electron chi connectivity index (χ0n) is 16.4. The lowest BCUT2D eigenvalue weighted by Gasteiger charge is -2.14. The van der Waals surface area contributed by atoms with Crippen LogP contribution in [0.15, 0.2) is 60.7 Å². The number of hydrogen-bond donors (Lipinski definition) is 2. The fraction of sp³-hybridized carbons (Fsp3) is 0.261. The molecule has 1 unspecified atom stereocenters. The maximum atomic E-state index is 11.7. The normalized spacial score (nSPS) is 15.8. The smallest absolute Gasteiger partial charge is 0.229 e. The second-order valence-electron chi connectivity index (χ2n) is 7.11. The van der Waals surface area contributed by atoms with Crippen molar-refractivity contribution < 1.29 is 9.53 Å². The number of benzene rings is 2. The van der Waals surface area contributed by atoms with Gasteiger partial charge in [0.05, 0.1) is 11.8 Å². The number of aromatic nitrogens is 2. The summed E-state index contributed by atoms with van der Waals surface area (Å²) in [6, 6.07) is 19.3. The van der Waals surface area contributed by atoms with E-state index in [0.717, 1.165) is 42.2 Å². The number of rotatable bonds is 7. The fourth-order valence-corrected chi connectivity index (χ4v) is 3.32. The molecule has 1 aromatic heterocycles. The van der Waals surface area contributed by atoms with Gasteiger partial charge < -0.3 is 15.4 Å². The zero-order valence-corrected chi connectivity index (χ0v) is 16.4. The Morgan fingerprint density at radius 1 is 1.10 bits per heavy atom. The lowest BCUT2D eigenvalue weighted by atomic mass is 10.1. The third kappa shape index (κ3) is 4.97. The number of ether oxygens (including phenoxy) is 1. The van der Waals surface area contributed by atoms with Gasteiger partial charge in [-0.2, -0.15) is 4.98 Å². The molecule has 0 spiro atoms. The Bertz CT molecular complexity index is 985. The molecule has 4 rings (SSSR count). The van der Waals surface area contributed by atoms with Gasteiger partial charge in [-0.15, -0.1) is 0 Å². The number of carbonyl (C=O) groups excluding carboxylic acids is 1. The first-order chi connectivity index (χ1) is 14.2. The summed E-state index contributed by atoms with van der Waals surface area (Å²) < 4.78 is 5.70. The number of Topliss-reactive ketones (excluding diaryl/α,β-unsaturated/α-hetero) is 1. The lowest BCUT2D eigenvalue weighted by Crippen LogP contribution is -2.19. The number of anilines is 3. The summed E-state index contributed by atoms with van der Waals surface area (Å²) in [7, 11) is 0. The minimum Gasteiger partial charge on any atom is -0.376 e. The molecule has 0 radical (unpaired) electrons. The van der Waals surface area contributed by atoms with Gasteiger partial charge in [0.2, 0.25) is 5.95 Å². The van der Waals surface area contributed by atoms with E-state index in [-0.39, 0.29) is 11.9 Å². The van der Waals surface area contributed by atoms with Crippen molar-refractivity contribution in [1.82, 2.24) is 9.97 Å². The third-order valence-electron chi connectivity index (χ3n) is 4.86. The van der Waals surface area contributed by atoms with Gasteiger partial charge in [-0.05, 0) is 31.9 Å². The van der Waals surface area contributed by atoms with Gasteiger partial charge in [0.25, 0.3) is 0 Å². The predicted molar refractivity (Wildman–Crippen MR) is 115 cm³/mol. The number of hydrogen-bond acceptors (Lipinski definition) is 6. The van der Waals surface area contributed by atoms with Crippen LogP contribution in [0.4, 0.5) is 17.5 Å². The van der Waals surface area contributed by atoms with Gasteiger partial charge in [-0.3, -0.25) is 4.79 Å². The second kappa shape index (κ2) is 8.84. The van der Waals surface area contributed by atoms with E-state index in [9.17, 15) is 4.79 Å². The van der Waals surface area contributed by atoms with E-state index in [1.165, 1.54) is 0 Å². The van der Waals surface area contributed by atoms with Crippen molar-refractivity contribution in [1.29, 1.82) is 0 Å². The molecule has 1 saturated heterocycles. The molecule has 6 heteroatoms. The molecule has 29 heavy (non-hydrogen) atoms. The number of nitrogens with zero attached hydrogens (tertiary/aromatic N) is 2. The zero-order chi connectivity index (χ0) is 20.1. The van der Waals surface area contributed by atoms with Crippen LogP contribution in [-0.2, 0) is 4.74 Å². The van der Waals surface area contributed by atoms with E-state index in [2.05, 4.69) is 20.6 Å². The summed E-state index contributed by atoms with van der Waals surface area (Å²) in [5.74, 6) is 1.23. The molecule has 0 bridgehead atoms. The van der Waals surface area contributed by atoms with Crippen molar-refractivity contribution >= 4 is 23.2 Å². The van der Waals surface area contributed by atoms with Crippen LogP contribution in [0, 0.1) is 0 Å². The van der Waals surface area contributed by atoms with Gasteiger partial charge in [0.15, 0.2) is 5.78 Å². The van der Waals surface area contributed by atoms with Crippen molar-refractivity contribution in [2.45, 2.75) is 25.9 Å². The standard InChI is InChI=1S/C23H24N4O2/c1-16(28)18-9-5-10-19(13-18)25-23-26-21(17-7-3-2-4-8-17)14-22(27-23)24-15-20-11-6-12-29-20/h2-5,7-10,13-14,20H,6,11-12,15H2,1H3,(H2,24,25,26,27). The predicted octanol–water partition coefficient (Wildman–Crippen LogP) is 4.68. The molecule has 2 N–H and O–H groups in total. The summed E-state index contributed by atoms with van der Waals surface area (Å²) in [5.41, 5.74) is 3.25. The maximum Gasteiger partial charge on any atom is 0.229 e. The summed E-state index contributed by atoms with van der Waals surface area (Å²) in [5, 5.41) is 6.61. The van der Waals surface area contributed by atoms with Crippen LogP contribution in [0.3, 0.4) is 0 Å². The van der Waals surface area contributed by atoms with Crippen LogP contribution < -0.4 is 10.6 Å². The number of carbonyl (C=O) groups is 1. The molecule has 0 saturated carbocycles. The molecule has 0 amide bonds. The highest BCUT2D eigenvalue weighted by Crippen LogP contribution is 2.24. The molecule has 2 aromatic carbocycles. The van der Waals surface area contributed by atoms with Crippen LogP contribution >= 0.6 is 0 Å². The monoisotopic (exact) mass is 388 g/mol. The molecular formula is C23H24N4O2. The van der Waals surface area contributed by atoms with Gasteiger partial charge in [0.1, 0.15) is 5.82 Å². The molecule has 148 valence electrons. The highest BCUT2D eigenvalue weighted by molar-refractivity contribution is 5.95. The molecule has 6 nitrogen and oxygen atoms in total. The Kier molecular flexibility index (Phi) is 5.81. The van der Waals surface area contributed by atoms with Crippen molar-refractivity contribution in [3.63, 3.8) is 0 Å². The molecule has 1 aliphatic rings. The molecule has 3 aromatic rings. The van der Waals surface area contributed by atoms with Crippen LogP contribution in [0.1, 0.15) is 30.1 Å². The topological polar surface area (TPSA) is 76.1 Å². The summed E-state index contributed by atoms with van der Waals surface area (Å²) in [4.78, 5) is 21.0. The van der Waals surface area contributed by atoms with E-state index in [1.807, 2.05) is 48.5 Å². The second-order valence-corrected chi connectivity index (χ2v) is 7.11. The first kappa shape index (κ1) is 19.1. The molecule has 1 fully saturated rings. The van der Waals surface area contributed by atoms with E-state index in [1.54, 1.807) is 19.1 Å². The van der Waals surface area contributed by atoms with Crippen molar-refractivity contribution in [2.24, 2.45) is 0 Å². The first-order valence-corrected chi connectivity index (χ1v) is 9.85. The first-order valence-electron chi connectivity index (χ1n) is 9.85. The van der Waals surface area contributed by atoms with E-state index >= 15 is 0 Å². The average molecular weight is 388 g/mol. The van der Waals surface area contributed by atoms with Crippen molar-refractivity contribution in [3.05, 3.63) is 66.2 Å². The van der Waals surface area contributed by atoms with Gasteiger partial charge in [-0.25, -0.2) is 4.98 Å². The fourth-order valence-electron chi connectivity index (χ4n) is 3.32. The molecule has 1 aliphatic heterocycles. The summed E-state index contributed by atoms with van der Waals surface area (Å²) in [6.07, 6.45) is 2.38. The minimum absolute atomic E-state index is 0.0199. The van der Waals surface area contributed by atoms with Crippen LogP contribution in [-0.4, -0.2) is 35.0 Å². The van der Waals surface area contributed by atoms with Crippen molar-refractivity contribution in [3.8, 4) is 11.3 Å². The molecule has 2 heterocycles. The highest BCUT2D eigenvalue weighted by atomic mass is 16.5. The third-order valence-corrected chi connectivity index (χ3v) is 4.86. The number of ketones is 1. The van der Waals surface area contributed by atoms with Crippen LogP contribution in [0.2, 0.25) is 0 Å². The molecule has 1 atom stereocenters. The SMILES string of the molecule is CC(=O)c1cccc(Nc2nc(NCC3CCCO3)cc(-c3ccccc3)n2)c1. The average Bonchev–Trinajstić information content (AvgIpc) is 3.27. The Balaban J connectivity index is 1.61. The summed E-state index contributed by atoms with van der Waals surface area (Å²) in [6.45, 7) is 3.09. The van der Waals surface area contributed by atoms with Gasteiger partial charge in [0, 0.05) is 36.0 Å². The van der Waals surface area contributed by atoms with E-state index in [0.29, 0.717) is 18.1 Å². The van der Waals surface area contributed by atoms with Gasteiger partial charge >= 0.3 is 0 Å². The molecular weight excluding hydrogens is 364 g/mol. The Hall–Kier alpha value is -3.25. The van der Waals surface area contributed by atoms with E-state index in [4.69, 9.17) is 4.74 Å². The minimum atomic E-state index is 0.0199. The Morgan fingerprint density at radius 2 is 1.97 bits per heavy atom. The summed E-state index contributed by atoms with van der Waals surface area (Å²) >= 11 is 0. The maximum absolute atomic E-state index is 11.7. The lowest BCUT2D eigenvalue weighted by molar-refractivity contribution is 0.101. The van der Waals surface area contributed by atoms with Crippen LogP contribution in [0.5, 0.6) is 0 Å². The van der Waals surface area contributed by atoms with Gasteiger partial charge in [-0.1, -0.05) is 42.5 Å². The van der Waals surface area contributed by atoms with E-state index < -0.39 is 0 Å². The number of nitrogens with one attached hydrogen (secondary N) is 2. The largest absolute Gasteiger partial charge is 0.376 e. The quantitative estimate of drug-likeness (QED) is 0.572. The van der Waals surface area contributed by atoms with Crippen molar-refractivity contribution in [2.75, 3.05) is 23.8 Å². The highest BCUT2D eigenvalue weighted by Gasteiger charge is 2.16.